The number of amides is 2. The molecule has 2 aliphatic rings. The Morgan fingerprint density at radius 1 is 0.510 bits per heavy atom. The molecular formula is C87H129IN2O12Si2. The van der Waals surface area contributed by atoms with Gasteiger partial charge in [-0.3, -0.25) is 0 Å². The van der Waals surface area contributed by atoms with Crippen molar-refractivity contribution in [1.29, 1.82) is 0 Å². The first kappa shape index (κ1) is 91.5. The van der Waals surface area contributed by atoms with Crippen LogP contribution in [0.15, 0.2) is 168 Å². The molecule has 2 amide bonds. The maximum Gasteiger partial charge on any atom is 0.410 e. The fourth-order valence-electron chi connectivity index (χ4n) is 14.0. The van der Waals surface area contributed by atoms with Gasteiger partial charge in [0.25, 0.3) is 16.6 Å². The predicted molar refractivity (Wildman–Crippen MR) is 445 cm³/mol. The van der Waals surface area contributed by atoms with E-state index in [1.54, 1.807) is 38.2 Å². The Bertz CT molecular complexity index is 3590. The number of aldehydes is 1. The normalized spacial score (nSPS) is 14.9. The topological polar surface area (TPSA) is 152 Å². The number of rotatable bonds is 25. The van der Waals surface area contributed by atoms with E-state index >= 15 is 0 Å². The van der Waals surface area contributed by atoms with Gasteiger partial charge in [0, 0.05) is 39.1 Å². The third-order valence-electron chi connectivity index (χ3n) is 18.9. The summed E-state index contributed by atoms with van der Waals surface area (Å²) in [6, 6.07) is 50.0. The number of halogens is 1. The van der Waals surface area contributed by atoms with E-state index in [2.05, 4.69) is 226 Å². The van der Waals surface area contributed by atoms with Gasteiger partial charge >= 0.3 is 12.2 Å². The molecule has 0 aromatic heterocycles. The van der Waals surface area contributed by atoms with E-state index in [0.717, 1.165) is 60.0 Å². The first-order chi connectivity index (χ1) is 47.3. The van der Waals surface area contributed by atoms with Crippen LogP contribution in [0.3, 0.4) is 0 Å². The Kier molecular flexibility index (Phi) is 34.5. The summed E-state index contributed by atoms with van der Waals surface area (Å²) in [4.78, 5) is 40.6. The Hall–Kier alpha value is -6.75. The van der Waals surface area contributed by atoms with E-state index in [0.29, 0.717) is 62.0 Å². The number of aliphatic hydroxyl groups is 1. The van der Waals surface area contributed by atoms with Gasteiger partial charge in [-0.15, -0.1) is 0 Å². The number of fused-ring (bicyclic) bond motifs is 2. The summed E-state index contributed by atoms with van der Waals surface area (Å²) in [5.74, 6) is 2.45. The van der Waals surface area contributed by atoms with Crippen LogP contribution in [0.2, 0.25) is 10.1 Å². The minimum atomic E-state index is -2.66. The maximum absolute atomic E-state index is 13.5. The summed E-state index contributed by atoms with van der Waals surface area (Å²) in [7, 11) is 1.29. The Morgan fingerprint density at radius 2 is 0.817 bits per heavy atom. The number of hydrogen-bond donors (Lipinski definition) is 1. The van der Waals surface area contributed by atoms with Gasteiger partial charge in [0.2, 0.25) is 0 Å². The molecule has 8 rings (SSSR count). The number of benzene rings is 6. The largest absolute Gasteiger partial charge is 0.493 e. The fraction of sp³-hybridized carbons (Fsp3) is 0.506. The molecule has 104 heavy (non-hydrogen) atoms. The Balaban J connectivity index is 0.000000439. The van der Waals surface area contributed by atoms with E-state index < -0.39 is 52.2 Å². The highest BCUT2D eigenvalue weighted by Crippen LogP contribution is 2.45. The molecule has 17 heteroatoms. The number of carbonyl (C=O) groups is 3. The zero-order chi connectivity index (χ0) is 74.9. The first-order valence-electron chi connectivity index (χ1n) is 35.4. The average molecular weight is 1580 g/mol. The van der Waals surface area contributed by atoms with Gasteiger partial charge in [-0.05, 0) is 200 Å². The van der Waals surface area contributed by atoms with Crippen LogP contribution in [0.1, 0.15) is 206 Å². The number of methoxy groups -OCH3 is 4. The molecular weight excluding hydrogens is 1450 g/mol. The maximum atomic E-state index is 13.5. The van der Waals surface area contributed by atoms with Gasteiger partial charge in [0.15, 0.2) is 23.0 Å². The van der Waals surface area contributed by atoms with E-state index in [-0.39, 0.29) is 62.1 Å². The number of nitrogens with zero attached hydrogens (tertiary/aromatic N) is 2. The molecule has 2 aliphatic heterocycles. The summed E-state index contributed by atoms with van der Waals surface area (Å²) >= 11 is 2.34. The van der Waals surface area contributed by atoms with Crippen LogP contribution in [0.5, 0.6) is 23.0 Å². The standard InChI is InChI=1S/C42H59NO6Si.C24H33IOSi.C18H25NO5.3CH4/c1-30(29-42(8,9)23-25-48-50(41(5,6)7,32-18-14-12-15-19-32)33-20-16-13-17-21-33)36(44)28-35-34-27-38(47-11)37(46-10)26-31(34)22-24-43(35)39(45)49-40(2,3)4;1-20(25)19-24(5,6)17-18-26-27(23(2,3)4,21-13-9-7-10-14-21)22-15-11-8-12-16-22;1-18(2,3)24-17(21)19-8-6-12-10-15(22-4)16(23-5)11-13(12)14(19)7-9-20;;;/h12-21,26-27,35-36,44H,1,22-25,28-29H2,2-11H3;7-16H,1,17-19H2,2-6H3;9-11,14H,6-8H2,1-5H3;3*1H4/t35-,36?;;14-;;;/m1.1.../s1. The summed E-state index contributed by atoms with van der Waals surface area (Å²) in [5.41, 5.74) is 3.44. The molecule has 0 bridgehead atoms. The summed E-state index contributed by atoms with van der Waals surface area (Å²) in [6.45, 7) is 44.7. The van der Waals surface area contributed by atoms with Gasteiger partial charge in [-0.25, -0.2) is 9.59 Å². The van der Waals surface area contributed by atoms with Crippen molar-refractivity contribution in [2.45, 2.75) is 224 Å². The van der Waals surface area contributed by atoms with E-state index in [1.807, 2.05) is 65.8 Å². The quantitative estimate of drug-likeness (QED) is 0.0251. The molecule has 3 atom stereocenters. The highest BCUT2D eigenvalue weighted by atomic mass is 127. The number of carbonyl (C=O) groups excluding carboxylic acids is 3. The molecule has 1 unspecified atom stereocenters. The van der Waals surface area contributed by atoms with Gasteiger partial charge in [0.05, 0.1) is 46.6 Å². The smallest absolute Gasteiger partial charge is 0.410 e. The van der Waals surface area contributed by atoms with E-state index in [9.17, 15) is 19.5 Å². The van der Waals surface area contributed by atoms with Crippen LogP contribution in [0, 0.1) is 10.8 Å². The van der Waals surface area contributed by atoms with Crippen LogP contribution >= 0.6 is 22.6 Å². The second kappa shape index (κ2) is 39.2. The molecule has 0 aliphatic carbocycles. The van der Waals surface area contributed by atoms with Crippen molar-refractivity contribution in [2.24, 2.45) is 10.8 Å². The fourth-order valence-corrected chi connectivity index (χ4v) is 24.2. The van der Waals surface area contributed by atoms with Crippen molar-refractivity contribution in [3.63, 3.8) is 0 Å². The average Bonchev–Trinajstić information content (AvgIpc) is 0.761. The Morgan fingerprint density at radius 3 is 1.12 bits per heavy atom. The molecule has 2 heterocycles. The second-order valence-electron chi connectivity index (χ2n) is 32.2. The lowest BCUT2D eigenvalue weighted by Crippen LogP contribution is -2.66. The van der Waals surface area contributed by atoms with Crippen molar-refractivity contribution >= 4 is 78.4 Å². The highest BCUT2D eigenvalue weighted by Gasteiger charge is 2.52. The van der Waals surface area contributed by atoms with Crippen molar-refractivity contribution in [3.05, 3.63) is 190 Å². The summed E-state index contributed by atoms with van der Waals surface area (Å²) in [5, 5.41) is 16.9. The van der Waals surface area contributed by atoms with Crippen LogP contribution in [-0.4, -0.2) is 122 Å². The SMILES string of the molecule is C.C.C.C=C(CC(C)(C)CCO[Si](c1ccccc1)(c1ccccc1)C(C)(C)C)C(O)C[C@@H]1c2cc(OC)c(OC)cc2CCN1C(=O)OC(C)(C)C.C=C(I)CC(C)(C)CCO[Si](c1ccccc1)(c1ccccc1)C(C)(C)C.COc1cc2c(cc1OC)[C@@H](CC=O)N(C(=O)OC(C)(C)C)CC2. The Labute approximate surface area is 643 Å². The van der Waals surface area contributed by atoms with Crippen molar-refractivity contribution in [3.8, 4) is 23.0 Å². The third-order valence-corrected chi connectivity index (χ3v) is 29.4. The molecule has 14 nitrogen and oxygen atoms in total. The summed E-state index contributed by atoms with van der Waals surface area (Å²) < 4.78 is 48.6. The predicted octanol–water partition coefficient (Wildman–Crippen LogP) is 19.6. The molecule has 6 aromatic carbocycles. The zero-order valence-electron chi connectivity index (χ0n) is 64.3. The molecule has 6 aromatic rings. The molecule has 0 saturated heterocycles. The lowest BCUT2D eigenvalue weighted by atomic mass is 9.80. The number of ether oxygens (including phenoxy) is 6. The third kappa shape index (κ3) is 23.9. The van der Waals surface area contributed by atoms with Crippen LogP contribution in [-0.2, 0) is 36.0 Å². The summed E-state index contributed by atoms with van der Waals surface area (Å²) in [6.07, 6.45) is 4.43. The second-order valence-corrected chi connectivity index (χ2v) is 42.4. The lowest BCUT2D eigenvalue weighted by molar-refractivity contribution is -0.109. The van der Waals surface area contributed by atoms with Gasteiger partial charge < -0.3 is 57.0 Å². The van der Waals surface area contributed by atoms with Crippen molar-refractivity contribution < 1.29 is 56.8 Å². The monoisotopic (exact) mass is 1580 g/mol. The van der Waals surface area contributed by atoms with Crippen molar-refractivity contribution in [1.82, 2.24) is 9.80 Å². The molecule has 1 N–H and O–H groups in total. The molecule has 0 radical (unpaired) electrons. The molecule has 0 spiro atoms. The molecule has 0 fully saturated rings. The van der Waals surface area contributed by atoms with Crippen LogP contribution < -0.4 is 39.7 Å². The first-order valence-corrected chi connectivity index (χ1v) is 40.3. The van der Waals surface area contributed by atoms with Gasteiger partial charge in [0.1, 0.15) is 17.5 Å². The number of hydrogen-bond acceptors (Lipinski definition) is 12. The van der Waals surface area contributed by atoms with E-state index in [1.165, 1.54) is 24.3 Å². The van der Waals surface area contributed by atoms with Gasteiger partial charge in [-0.1, -0.05) is 226 Å². The minimum Gasteiger partial charge on any atom is -0.493 e. The highest BCUT2D eigenvalue weighted by molar-refractivity contribution is 14.1. The van der Waals surface area contributed by atoms with E-state index in [4.69, 9.17) is 37.3 Å². The molecule has 574 valence electrons. The number of allylic oxidation sites excluding steroid dienone is 1. The van der Waals surface area contributed by atoms with Gasteiger partial charge in [-0.2, -0.15) is 0 Å². The van der Waals surface area contributed by atoms with Crippen molar-refractivity contribution in [2.75, 3.05) is 54.7 Å². The minimum absolute atomic E-state index is 0. The zero-order valence-corrected chi connectivity index (χ0v) is 68.4. The molecule has 0 saturated carbocycles. The van der Waals surface area contributed by atoms with Crippen LogP contribution in [0.25, 0.3) is 0 Å². The lowest BCUT2D eigenvalue weighted by Gasteiger charge is -2.43. The number of aliphatic hydroxyl groups excluding tert-OH is 1. The van der Waals surface area contributed by atoms with Crippen LogP contribution in [0.4, 0.5) is 9.59 Å².